The molecule has 0 aliphatic rings. The van der Waals surface area contributed by atoms with Gasteiger partial charge in [0.2, 0.25) is 0 Å². The highest BCUT2D eigenvalue weighted by Gasteiger charge is 2.21. The Hall–Kier alpha value is -2.04. The largest absolute Gasteiger partial charge is 0.497 e. The maximum atomic E-state index is 12.8. The molecule has 0 N–H and O–H groups in total. The second-order valence-corrected chi connectivity index (χ2v) is 6.29. The first kappa shape index (κ1) is 22.0. The van der Waals surface area contributed by atoms with Gasteiger partial charge in [0.15, 0.2) is 5.78 Å². The normalized spacial score (nSPS) is 10.5. The summed E-state index contributed by atoms with van der Waals surface area (Å²) in [5.74, 6) is 0.632. The van der Waals surface area contributed by atoms with Gasteiger partial charge in [-0.05, 0) is 25.0 Å². The van der Waals surface area contributed by atoms with E-state index in [9.17, 15) is 9.59 Å². The second kappa shape index (κ2) is 12.3. The monoisotopic (exact) mass is 364 g/mol. The molecule has 5 heteroatoms. The fraction of sp³-hybridized carbons (Fsp3) is 0.619. The molecule has 0 unspecified atom stereocenters. The molecule has 1 aromatic carbocycles. The molecule has 0 aliphatic carbocycles. The van der Waals surface area contributed by atoms with E-state index in [1.165, 1.54) is 26.4 Å². The van der Waals surface area contributed by atoms with Crippen molar-refractivity contribution in [1.82, 2.24) is 0 Å². The van der Waals surface area contributed by atoms with E-state index in [2.05, 4.69) is 6.92 Å². The summed E-state index contributed by atoms with van der Waals surface area (Å²) in [6.07, 6.45) is 7.17. The van der Waals surface area contributed by atoms with Crippen molar-refractivity contribution >= 4 is 11.8 Å². The molecular weight excluding hydrogens is 332 g/mol. The van der Waals surface area contributed by atoms with E-state index in [0.29, 0.717) is 35.7 Å². The van der Waals surface area contributed by atoms with Gasteiger partial charge in [0.25, 0.3) is 0 Å². The lowest BCUT2D eigenvalue weighted by Gasteiger charge is -2.15. The number of carbonyl (C=O) groups excluding carboxylic acids is 2. The van der Waals surface area contributed by atoms with Crippen molar-refractivity contribution in [3.05, 3.63) is 23.3 Å². The summed E-state index contributed by atoms with van der Waals surface area (Å²) in [6, 6.07) is 3.40. The molecule has 1 aromatic rings. The van der Waals surface area contributed by atoms with Gasteiger partial charge in [0.1, 0.15) is 11.5 Å². The lowest BCUT2D eigenvalue weighted by atomic mass is 9.96. The van der Waals surface area contributed by atoms with Gasteiger partial charge in [-0.15, -0.1) is 0 Å². The maximum Gasteiger partial charge on any atom is 0.310 e. The number of hydrogen-bond acceptors (Lipinski definition) is 5. The molecule has 0 bridgehead atoms. The molecule has 0 aromatic heterocycles. The number of benzene rings is 1. The molecule has 146 valence electrons. The quantitative estimate of drug-likeness (QED) is 0.287. The van der Waals surface area contributed by atoms with Crippen LogP contribution >= 0.6 is 0 Å². The molecule has 0 spiro atoms. The summed E-state index contributed by atoms with van der Waals surface area (Å²) in [5, 5.41) is 0. The Morgan fingerprint density at radius 3 is 2.23 bits per heavy atom. The van der Waals surface area contributed by atoms with Gasteiger partial charge in [-0.25, -0.2) is 0 Å². The number of unbranched alkanes of at least 4 members (excludes halogenated alkanes) is 5. The number of rotatable bonds is 13. The molecule has 0 fully saturated rings. The lowest BCUT2D eigenvalue weighted by molar-refractivity contribution is -0.142. The fourth-order valence-corrected chi connectivity index (χ4v) is 2.94. The van der Waals surface area contributed by atoms with Gasteiger partial charge >= 0.3 is 5.97 Å². The summed E-state index contributed by atoms with van der Waals surface area (Å²) >= 11 is 0. The summed E-state index contributed by atoms with van der Waals surface area (Å²) in [7, 11) is 3.06. The molecule has 0 saturated carbocycles. The zero-order valence-electron chi connectivity index (χ0n) is 16.6. The Morgan fingerprint density at radius 1 is 0.923 bits per heavy atom. The lowest BCUT2D eigenvalue weighted by Crippen LogP contribution is -2.13. The van der Waals surface area contributed by atoms with Crippen molar-refractivity contribution in [2.45, 2.75) is 65.2 Å². The van der Waals surface area contributed by atoms with Crippen molar-refractivity contribution in [2.75, 3.05) is 20.8 Å². The summed E-state index contributed by atoms with van der Waals surface area (Å²) < 4.78 is 15.7. The number of esters is 1. The molecule has 0 atom stereocenters. The van der Waals surface area contributed by atoms with Crippen LogP contribution in [0.25, 0.3) is 0 Å². The smallest absolute Gasteiger partial charge is 0.310 e. The predicted octanol–water partition coefficient (Wildman–Crippen LogP) is 4.74. The number of ketones is 1. The van der Waals surface area contributed by atoms with Gasteiger partial charge < -0.3 is 14.2 Å². The van der Waals surface area contributed by atoms with Gasteiger partial charge in [-0.1, -0.05) is 39.0 Å². The van der Waals surface area contributed by atoms with Crippen LogP contribution in [0.3, 0.4) is 0 Å². The van der Waals surface area contributed by atoms with Crippen molar-refractivity contribution in [3.63, 3.8) is 0 Å². The molecular formula is C21H32O5. The van der Waals surface area contributed by atoms with Gasteiger partial charge in [0, 0.05) is 12.5 Å². The van der Waals surface area contributed by atoms with Crippen molar-refractivity contribution < 1.29 is 23.8 Å². The van der Waals surface area contributed by atoms with Crippen LogP contribution in [0.1, 0.15) is 74.7 Å². The predicted molar refractivity (Wildman–Crippen MR) is 102 cm³/mol. The second-order valence-electron chi connectivity index (χ2n) is 6.29. The standard InChI is InChI=1S/C21H32O5/c1-5-7-8-9-10-11-12-18(22)21-16(14-20(23)26-6-2)13-17(24-3)15-19(21)25-4/h13,15H,5-12,14H2,1-4H3. The Morgan fingerprint density at radius 2 is 1.62 bits per heavy atom. The average Bonchev–Trinajstić information content (AvgIpc) is 2.63. The first-order valence-corrected chi connectivity index (χ1v) is 9.51. The molecule has 0 radical (unpaired) electrons. The first-order valence-electron chi connectivity index (χ1n) is 9.51. The van der Waals surface area contributed by atoms with Crippen molar-refractivity contribution in [3.8, 4) is 11.5 Å². The Labute approximate surface area is 157 Å². The summed E-state index contributed by atoms with van der Waals surface area (Å²) in [4.78, 5) is 24.7. The number of Topliss-reactive ketones (excluding diaryl/α,β-unsaturated/α-hetero) is 1. The van der Waals surface area contributed by atoms with Crippen LogP contribution in [0.4, 0.5) is 0 Å². The number of ether oxygens (including phenoxy) is 3. The van der Waals surface area contributed by atoms with E-state index < -0.39 is 0 Å². The molecule has 5 nitrogen and oxygen atoms in total. The molecule has 26 heavy (non-hydrogen) atoms. The number of methoxy groups -OCH3 is 2. The Bertz CT molecular complexity index is 580. The van der Waals surface area contributed by atoms with Gasteiger partial charge in [-0.3, -0.25) is 9.59 Å². The van der Waals surface area contributed by atoms with E-state index in [0.717, 1.165) is 19.3 Å². The van der Waals surface area contributed by atoms with Crippen LogP contribution in [0, 0.1) is 0 Å². The van der Waals surface area contributed by atoms with E-state index in [1.54, 1.807) is 26.2 Å². The van der Waals surface area contributed by atoms with Crippen LogP contribution in [0.15, 0.2) is 12.1 Å². The third kappa shape index (κ3) is 7.06. The first-order chi connectivity index (χ1) is 12.6. The molecule has 0 saturated heterocycles. The Kier molecular flexibility index (Phi) is 10.4. The minimum absolute atomic E-state index is 0.000655. The molecule has 0 aliphatic heterocycles. The maximum absolute atomic E-state index is 12.8. The molecule has 1 rings (SSSR count). The van der Waals surface area contributed by atoms with Gasteiger partial charge in [0.05, 0.1) is 32.8 Å². The molecule has 0 amide bonds. The van der Waals surface area contributed by atoms with Crippen LogP contribution in [0.2, 0.25) is 0 Å². The average molecular weight is 364 g/mol. The third-order valence-electron chi connectivity index (χ3n) is 4.29. The molecule has 0 heterocycles. The highest BCUT2D eigenvalue weighted by Crippen LogP contribution is 2.31. The third-order valence-corrected chi connectivity index (χ3v) is 4.29. The van der Waals surface area contributed by atoms with E-state index in [4.69, 9.17) is 14.2 Å². The topological polar surface area (TPSA) is 61.8 Å². The summed E-state index contributed by atoms with van der Waals surface area (Å²) in [6.45, 7) is 4.25. The number of hydrogen-bond donors (Lipinski definition) is 0. The highest BCUT2D eigenvalue weighted by atomic mass is 16.5. The van der Waals surface area contributed by atoms with Crippen LogP contribution in [-0.2, 0) is 16.0 Å². The van der Waals surface area contributed by atoms with Crippen LogP contribution in [0.5, 0.6) is 11.5 Å². The summed E-state index contributed by atoms with van der Waals surface area (Å²) in [5.41, 5.74) is 1.06. The van der Waals surface area contributed by atoms with Crippen molar-refractivity contribution in [2.24, 2.45) is 0 Å². The van der Waals surface area contributed by atoms with Gasteiger partial charge in [-0.2, -0.15) is 0 Å². The zero-order valence-corrected chi connectivity index (χ0v) is 16.6. The highest BCUT2D eigenvalue weighted by molar-refractivity contribution is 6.01. The minimum atomic E-state index is -0.364. The number of carbonyl (C=O) groups is 2. The SMILES string of the molecule is CCCCCCCCC(=O)c1c(CC(=O)OCC)cc(OC)cc1OC. The fourth-order valence-electron chi connectivity index (χ4n) is 2.94. The Balaban J connectivity index is 2.91. The van der Waals surface area contributed by atoms with E-state index in [1.807, 2.05) is 0 Å². The zero-order chi connectivity index (χ0) is 19.4. The van der Waals surface area contributed by atoms with Crippen LogP contribution < -0.4 is 9.47 Å². The van der Waals surface area contributed by atoms with E-state index in [-0.39, 0.29) is 18.2 Å². The van der Waals surface area contributed by atoms with Crippen molar-refractivity contribution in [1.29, 1.82) is 0 Å². The van der Waals surface area contributed by atoms with E-state index >= 15 is 0 Å². The minimum Gasteiger partial charge on any atom is -0.497 e. The van der Waals surface area contributed by atoms with Crippen LogP contribution in [-0.4, -0.2) is 32.6 Å².